The average Bonchev–Trinajstić information content (AvgIpc) is 2.99. The Bertz CT molecular complexity index is 540. The Morgan fingerprint density at radius 1 is 0.913 bits per heavy atom. The fraction of sp³-hybridized carbons (Fsp3) is 0.588. The molecule has 1 aromatic heterocycles. The lowest BCUT2D eigenvalue weighted by molar-refractivity contribution is -0.164. The number of ether oxygens (including phenoxy) is 2. The SMILES string of the molecule is COC(=O)C(C(=O)OC)C(=O)C1(n2cccc2)CCCCCC1. The van der Waals surface area contributed by atoms with Gasteiger partial charge in [0.05, 0.1) is 14.2 Å². The van der Waals surface area contributed by atoms with Crippen LogP contribution in [0.4, 0.5) is 0 Å². The maximum Gasteiger partial charge on any atom is 0.327 e. The van der Waals surface area contributed by atoms with Crippen LogP contribution in [0.1, 0.15) is 38.5 Å². The van der Waals surface area contributed by atoms with Crippen molar-refractivity contribution in [3.05, 3.63) is 24.5 Å². The molecule has 0 radical (unpaired) electrons. The molecular formula is C17H23NO5. The standard InChI is InChI=1S/C17H23NO5/c1-22-15(20)13(16(21)23-2)14(19)17(18-11-7-8-12-18)9-5-3-4-6-10-17/h7-8,11-13H,3-6,9-10H2,1-2H3. The lowest BCUT2D eigenvalue weighted by Crippen LogP contribution is -2.49. The highest BCUT2D eigenvalue weighted by Gasteiger charge is 2.49. The third-order valence-electron chi connectivity index (χ3n) is 4.62. The highest BCUT2D eigenvalue weighted by Crippen LogP contribution is 2.37. The number of esters is 2. The van der Waals surface area contributed by atoms with E-state index in [-0.39, 0.29) is 0 Å². The van der Waals surface area contributed by atoms with Crippen molar-refractivity contribution < 1.29 is 23.9 Å². The van der Waals surface area contributed by atoms with Gasteiger partial charge in [0, 0.05) is 12.4 Å². The van der Waals surface area contributed by atoms with E-state index in [0.717, 1.165) is 25.7 Å². The second-order valence-corrected chi connectivity index (χ2v) is 5.88. The van der Waals surface area contributed by atoms with Crippen LogP contribution in [0.2, 0.25) is 0 Å². The molecule has 1 aliphatic carbocycles. The van der Waals surface area contributed by atoms with Crippen LogP contribution in [0.25, 0.3) is 0 Å². The highest BCUT2D eigenvalue weighted by atomic mass is 16.5. The summed E-state index contributed by atoms with van der Waals surface area (Å²) < 4.78 is 11.2. The molecule has 2 rings (SSSR count). The number of ketones is 1. The molecule has 1 fully saturated rings. The number of carbonyl (C=O) groups excluding carboxylic acids is 3. The van der Waals surface area contributed by atoms with Gasteiger partial charge in [-0.05, 0) is 25.0 Å². The van der Waals surface area contributed by atoms with Crippen molar-refractivity contribution in [2.24, 2.45) is 5.92 Å². The summed E-state index contributed by atoms with van der Waals surface area (Å²) in [6.07, 6.45) is 8.66. The molecule has 0 unspecified atom stereocenters. The zero-order valence-electron chi connectivity index (χ0n) is 13.6. The first-order valence-electron chi connectivity index (χ1n) is 7.90. The number of Topliss-reactive ketones (excluding diaryl/α,β-unsaturated/α-hetero) is 1. The minimum absolute atomic E-state index is 0.436. The van der Waals surface area contributed by atoms with Crippen molar-refractivity contribution in [1.82, 2.24) is 4.57 Å². The number of carbonyl (C=O) groups is 3. The van der Waals surface area contributed by atoms with E-state index in [1.165, 1.54) is 14.2 Å². The molecule has 0 saturated heterocycles. The molecule has 23 heavy (non-hydrogen) atoms. The van der Waals surface area contributed by atoms with Gasteiger partial charge in [0.15, 0.2) is 5.78 Å². The van der Waals surface area contributed by atoms with Gasteiger partial charge in [-0.3, -0.25) is 14.4 Å². The lowest BCUT2D eigenvalue weighted by atomic mass is 9.79. The molecule has 1 aromatic rings. The molecule has 126 valence electrons. The first kappa shape index (κ1) is 17.2. The Balaban J connectivity index is 2.46. The number of rotatable bonds is 5. The fourth-order valence-corrected chi connectivity index (χ4v) is 3.38. The number of methoxy groups -OCH3 is 2. The molecule has 6 heteroatoms. The van der Waals surface area contributed by atoms with Crippen molar-refractivity contribution in [1.29, 1.82) is 0 Å². The van der Waals surface area contributed by atoms with E-state index in [0.29, 0.717) is 12.8 Å². The van der Waals surface area contributed by atoms with Crippen LogP contribution in [0.3, 0.4) is 0 Å². The largest absolute Gasteiger partial charge is 0.468 e. The van der Waals surface area contributed by atoms with Gasteiger partial charge in [0.2, 0.25) is 5.92 Å². The van der Waals surface area contributed by atoms with E-state index in [1.54, 1.807) is 0 Å². The normalized spacial score (nSPS) is 17.3. The molecule has 0 aliphatic heterocycles. The van der Waals surface area contributed by atoms with Gasteiger partial charge in [-0.25, -0.2) is 0 Å². The van der Waals surface area contributed by atoms with Crippen molar-refractivity contribution in [3.63, 3.8) is 0 Å². The van der Waals surface area contributed by atoms with Gasteiger partial charge in [0.1, 0.15) is 5.54 Å². The summed E-state index contributed by atoms with van der Waals surface area (Å²) >= 11 is 0. The molecule has 0 bridgehead atoms. The predicted octanol–water partition coefficient (Wildman–Crippen LogP) is 2.07. The molecule has 0 aromatic carbocycles. The molecule has 1 aliphatic rings. The molecule has 0 spiro atoms. The van der Waals surface area contributed by atoms with E-state index < -0.39 is 29.2 Å². The number of hydrogen-bond donors (Lipinski definition) is 0. The van der Waals surface area contributed by atoms with Crippen molar-refractivity contribution >= 4 is 17.7 Å². The molecule has 0 atom stereocenters. The second-order valence-electron chi connectivity index (χ2n) is 5.88. The zero-order valence-corrected chi connectivity index (χ0v) is 13.6. The maximum atomic E-state index is 13.2. The molecule has 1 saturated carbocycles. The first-order valence-corrected chi connectivity index (χ1v) is 7.90. The number of aromatic nitrogens is 1. The monoisotopic (exact) mass is 321 g/mol. The van der Waals surface area contributed by atoms with E-state index >= 15 is 0 Å². The Labute approximate surface area is 135 Å². The van der Waals surface area contributed by atoms with Gasteiger partial charge in [-0.2, -0.15) is 0 Å². The first-order chi connectivity index (χ1) is 11.1. The summed E-state index contributed by atoms with van der Waals surface area (Å²) in [5.41, 5.74) is -0.896. The van der Waals surface area contributed by atoms with E-state index in [9.17, 15) is 14.4 Å². The molecular weight excluding hydrogens is 298 g/mol. The molecule has 1 heterocycles. The molecule has 6 nitrogen and oxygen atoms in total. The van der Waals surface area contributed by atoms with E-state index in [2.05, 4.69) is 9.47 Å². The quantitative estimate of drug-likeness (QED) is 0.471. The molecule has 0 amide bonds. The average molecular weight is 321 g/mol. The van der Waals surface area contributed by atoms with Crippen molar-refractivity contribution in [3.8, 4) is 0 Å². The van der Waals surface area contributed by atoms with Gasteiger partial charge in [0.25, 0.3) is 0 Å². The number of hydrogen-bond acceptors (Lipinski definition) is 5. The van der Waals surface area contributed by atoms with Gasteiger partial charge < -0.3 is 14.0 Å². The van der Waals surface area contributed by atoms with Crippen LogP contribution in [-0.4, -0.2) is 36.5 Å². The topological polar surface area (TPSA) is 74.6 Å². The van der Waals surface area contributed by atoms with Crippen LogP contribution in [-0.2, 0) is 29.4 Å². The van der Waals surface area contributed by atoms with Crippen LogP contribution in [0.5, 0.6) is 0 Å². The highest BCUT2D eigenvalue weighted by molar-refractivity contribution is 6.17. The summed E-state index contributed by atoms with van der Waals surface area (Å²) in [4.78, 5) is 37.3. The Morgan fingerprint density at radius 3 is 1.83 bits per heavy atom. The minimum atomic E-state index is -1.54. The van der Waals surface area contributed by atoms with Crippen LogP contribution in [0.15, 0.2) is 24.5 Å². The predicted molar refractivity (Wildman–Crippen MR) is 82.6 cm³/mol. The summed E-state index contributed by atoms with van der Waals surface area (Å²) in [6, 6.07) is 3.68. The summed E-state index contributed by atoms with van der Waals surface area (Å²) in [6.45, 7) is 0. The van der Waals surface area contributed by atoms with Crippen LogP contribution in [0, 0.1) is 5.92 Å². The Morgan fingerprint density at radius 2 is 1.39 bits per heavy atom. The third kappa shape index (κ3) is 3.30. The van der Waals surface area contributed by atoms with E-state index in [4.69, 9.17) is 0 Å². The third-order valence-corrected chi connectivity index (χ3v) is 4.62. The number of nitrogens with zero attached hydrogens (tertiary/aromatic N) is 1. The van der Waals surface area contributed by atoms with Crippen molar-refractivity contribution in [2.75, 3.05) is 14.2 Å². The zero-order chi connectivity index (χ0) is 16.9. The van der Waals surface area contributed by atoms with Gasteiger partial charge in [-0.15, -0.1) is 0 Å². The summed E-state index contributed by atoms with van der Waals surface area (Å²) in [5.74, 6) is -3.70. The summed E-state index contributed by atoms with van der Waals surface area (Å²) in [7, 11) is 2.34. The second kappa shape index (κ2) is 7.44. The molecule has 0 N–H and O–H groups in total. The van der Waals surface area contributed by atoms with Gasteiger partial charge in [-0.1, -0.05) is 25.7 Å². The smallest absolute Gasteiger partial charge is 0.327 e. The lowest BCUT2D eigenvalue weighted by Gasteiger charge is -2.35. The Hall–Kier alpha value is -2.11. The summed E-state index contributed by atoms with van der Waals surface area (Å²) in [5, 5.41) is 0. The van der Waals surface area contributed by atoms with Crippen LogP contribution >= 0.6 is 0 Å². The minimum Gasteiger partial charge on any atom is -0.468 e. The maximum absolute atomic E-state index is 13.2. The van der Waals surface area contributed by atoms with Crippen molar-refractivity contribution in [2.45, 2.75) is 44.1 Å². The fourth-order valence-electron chi connectivity index (χ4n) is 3.38. The van der Waals surface area contributed by atoms with E-state index in [1.807, 2.05) is 29.1 Å². The Kier molecular flexibility index (Phi) is 5.58. The van der Waals surface area contributed by atoms with Gasteiger partial charge >= 0.3 is 11.9 Å². The van der Waals surface area contributed by atoms with Crippen LogP contribution < -0.4 is 0 Å².